The van der Waals surface area contributed by atoms with Gasteiger partial charge in [0.05, 0.1) is 0 Å². The summed E-state index contributed by atoms with van der Waals surface area (Å²) in [6.07, 6.45) is 8.63. The molecule has 0 aliphatic heterocycles. The van der Waals surface area contributed by atoms with Gasteiger partial charge in [-0.2, -0.15) is 22.3 Å². The third-order valence-electron chi connectivity index (χ3n) is 3.64. The van der Waals surface area contributed by atoms with Crippen LogP contribution in [0.15, 0.2) is 33.4 Å². The van der Waals surface area contributed by atoms with Gasteiger partial charge in [-0.15, -0.1) is 26.7 Å². The van der Waals surface area contributed by atoms with Crippen LogP contribution in [0.5, 0.6) is 0 Å². The van der Waals surface area contributed by atoms with Gasteiger partial charge in [-0.1, -0.05) is 27.7 Å². The number of rotatable bonds is 0. The van der Waals surface area contributed by atoms with E-state index in [1.54, 1.807) is 0 Å². The Morgan fingerprint density at radius 2 is 0.941 bits per heavy atom. The van der Waals surface area contributed by atoms with Crippen LogP contribution in [-0.2, 0) is 17.1 Å². The summed E-state index contributed by atoms with van der Waals surface area (Å²) in [5.74, 6) is 0. The fourth-order valence-electron chi connectivity index (χ4n) is 1.70. The molecule has 0 N–H and O–H groups in total. The SMILES string of the molecule is CC1=[C-]CC(C)=C1C.CC1=[C-]CC(C)=C1C.[Fe+2]. The van der Waals surface area contributed by atoms with Gasteiger partial charge >= 0.3 is 17.1 Å². The van der Waals surface area contributed by atoms with E-state index in [9.17, 15) is 0 Å². The Morgan fingerprint density at radius 1 is 0.647 bits per heavy atom. The van der Waals surface area contributed by atoms with Gasteiger partial charge in [0.2, 0.25) is 0 Å². The minimum atomic E-state index is 0. The summed E-state index contributed by atoms with van der Waals surface area (Å²) in [4.78, 5) is 0. The van der Waals surface area contributed by atoms with Crippen molar-refractivity contribution in [1.82, 2.24) is 0 Å². The number of hydrogen-bond donors (Lipinski definition) is 0. The molecule has 0 radical (unpaired) electrons. The third-order valence-corrected chi connectivity index (χ3v) is 3.64. The second-order valence-electron chi connectivity index (χ2n) is 4.77. The predicted molar refractivity (Wildman–Crippen MR) is 70.8 cm³/mol. The van der Waals surface area contributed by atoms with Crippen molar-refractivity contribution in [2.45, 2.75) is 54.4 Å². The van der Waals surface area contributed by atoms with Crippen molar-refractivity contribution in [3.05, 3.63) is 45.6 Å². The van der Waals surface area contributed by atoms with E-state index in [2.05, 4.69) is 53.7 Å². The molecule has 0 atom stereocenters. The van der Waals surface area contributed by atoms with Gasteiger partial charge < -0.3 is 0 Å². The molecule has 0 nitrogen and oxygen atoms in total. The van der Waals surface area contributed by atoms with Crippen molar-refractivity contribution in [3.63, 3.8) is 0 Å². The van der Waals surface area contributed by atoms with Crippen molar-refractivity contribution in [2.75, 3.05) is 0 Å². The van der Waals surface area contributed by atoms with Crippen LogP contribution in [0.4, 0.5) is 0 Å². The maximum absolute atomic E-state index is 3.26. The van der Waals surface area contributed by atoms with Crippen LogP contribution in [0.1, 0.15) is 54.4 Å². The van der Waals surface area contributed by atoms with Crippen LogP contribution in [0.2, 0.25) is 0 Å². The monoisotopic (exact) mass is 270 g/mol. The molecule has 0 aromatic heterocycles. The Bertz CT molecular complexity index is 352. The summed E-state index contributed by atoms with van der Waals surface area (Å²) in [6, 6.07) is 0. The molecular weight excluding hydrogens is 248 g/mol. The van der Waals surface area contributed by atoms with Gasteiger partial charge in [0.1, 0.15) is 0 Å². The average molecular weight is 270 g/mol. The molecule has 0 aromatic rings. The summed E-state index contributed by atoms with van der Waals surface area (Å²) in [7, 11) is 0. The smallest absolute Gasteiger partial charge is 0.269 e. The quantitative estimate of drug-likeness (QED) is 0.431. The van der Waals surface area contributed by atoms with Crippen LogP contribution in [0.3, 0.4) is 0 Å². The Balaban J connectivity index is 0.000000284. The van der Waals surface area contributed by atoms with E-state index in [0.29, 0.717) is 0 Å². The van der Waals surface area contributed by atoms with E-state index in [-0.39, 0.29) is 17.1 Å². The Hall–Kier alpha value is -0.521. The van der Waals surface area contributed by atoms with Crippen molar-refractivity contribution in [2.24, 2.45) is 0 Å². The number of hydrogen-bond acceptors (Lipinski definition) is 0. The molecule has 0 amide bonds. The van der Waals surface area contributed by atoms with E-state index in [1.165, 1.54) is 33.4 Å². The Labute approximate surface area is 117 Å². The fourth-order valence-corrected chi connectivity index (χ4v) is 1.70. The molecule has 0 unspecified atom stereocenters. The first-order valence-electron chi connectivity index (χ1n) is 5.91. The van der Waals surface area contributed by atoms with Gasteiger partial charge in [-0.05, 0) is 0 Å². The van der Waals surface area contributed by atoms with Crippen LogP contribution in [-0.4, -0.2) is 0 Å². The second kappa shape index (κ2) is 7.03. The van der Waals surface area contributed by atoms with Crippen LogP contribution in [0.25, 0.3) is 0 Å². The van der Waals surface area contributed by atoms with E-state index in [4.69, 9.17) is 0 Å². The maximum atomic E-state index is 3.26. The van der Waals surface area contributed by atoms with Crippen molar-refractivity contribution in [3.8, 4) is 0 Å². The maximum Gasteiger partial charge on any atom is 2.00 e. The molecule has 2 aliphatic rings. The third kappa shape index (κ3) is 4.33. The van der Waals surface area contributed by atoms with E-state index in [1.807, 2.05) is 0 Å². The summed E-state index contributed by atoms with van der Waals surface area (Å²) in [6.45, 7) is 12.9. The Kier molecular flexibility index (Phi) is 6.82. The Morgan fingerprint density at radius 3 is 1.00 bits per heavy atom. The van der Waals surface area contributed by atoms with Crippen LogP contribution >= 0.6 is 0 Å². The molecule has 0 saturated heterocycles. The van der Waals surface area contributed by atoms with Gasteiger partial charge in [0, 0.05) is 0 Å². The first-order valence-corrected chi connectivity index (χ1v) is 5.91. The van der Waals surface area contributed by atoms with E-state index < -0.39 is 0 Å². The summed E-state index contributed by atoms with van der Waals surface area (Å²) in [5.41, 5.74) is 8.49. The minimum absolute atomic E-state index is 0. The predicted octanol–water partition coefficient (Wildman–Crippen LogP) is 4.95. The first kappa shape index (κ1) is 16.5. The molecule has 0 bridgehead atoms. The normalized spacial score (nSPS) is 18.5. The summed E-state index contributed by atoms with van der Waals surface area (Å²) in [5, 5.41) is 0. The summed E-state index contributed by atoms with van der Waals surface area (Å²) >= 11 is 0. The standard InChI is InChI=1S/2C8H11.Fe/c2*1-6-4-5-7(2)8(6)3;/h2*4H2,1-3H3;/q2*-1;+2. The van der Waals surface area contributed by atoms with Crippen LogP contribution in [0, 0.1) is 12.2 Å². The van der Waals surface area contributed by atoms with Crippen molar-refractivity contribution >= 4 is 0 Å². The van der Waals surface area contributed by atoms with Crippen molar-refractivity contribution in [1.29, 1.82) is 0 Å². The van der Waals surface area contributed by atoms with Crippen LogP contribution < -0.4 is 0 Å². The molecule has 0 heterocycles. The van der Waals surface area contributed by atoms with Gasteiger partial charge in [-0.3, -0.25) is 12.2 Å². The van der Waals surface area contributed by atoms with Gasteiger partial charge in [-0.25, -0.2) is 11.1 Å². The first-order chi connectivity index (χ1) is 7.43. The summed E-state index contributed by atoms with van der Waals surface area (Å²) < 4.78 is 0. The fraction of sp³-hybridized carbons (Fsp3) is 0.500. The molecule has 2 aliphatic carbocycles. The molecule has 0 aromatic carbocycles. The largest absolute Gasteiger partial charge is 2.00 e. The van der Waals surface area contributed by atoms with Gasteiger partial charge in [0.15, 0.2) is 0 Å². The zero-order valence-corrected chi connectivity index (χ0v) is 12.9. The molecule has 17 heavy (non-hydrogen) atoms. The average Bonchev–Trinajstić information content (AvgIpc) is 2.70. The zero-order valence-electron chi connectivity index (χ0n) is 11.8. The number of allylic oxidation sites excluding steroid dienone is 8. The molecule has 94 valence electrons. The topological polar surface area (TPSA) is 0 Å². The molecule has 0 saturated carbocycles. The van der Waals surface area contributed by atoms with E-state index >= 15 is 0 Å². The molecule has 0 spiro atoms. The second-order valence-corrected chi connectivity index (χ2v) is 4.77. The molecule has 0 fully saturated rings. The zero-order chi connectivity index (χ0) is 12.3. The van der Waals surface area contributed by atoms with E-state index in [0.717, 1.165) is 12.8 Å². The molecule has 1 heteroatoms. The van der Waals surface area contributed by atoms with Gasteiger partial charge in [0.25, 0.3) is 0 Å². The molecular formula is C16H22Fe. The molecule has 2 rings (SSSR count). The van der Waals surface area contributed by atoms with Crippen molar-refractivity contribution < 1.29 is 17.1 Å². The minimum Gasteiger partial charge on any atom is -0.269 e.